The molecule has 2 heterocycles. The first kappa shape index (κ1) is 20.3. The van der Waals surface area contributed by atoms with Crippen LogP contribution in [0.15, 0.2) is 54.7 Å². The fourth-order valence-corrected chi connectivity index (χ4v) is 4.68. The number of ketones is 1. The smallest absolute Gasteiger partial charge is 0.225 e. The lowest BCUT2D eigenvalue weighted by Gasteiger charge is -2.37. The molecule has 0 saturated carbocycles. The van der Waals surface area contributed by atoms with Crippen molar-refractivity contribution in [2.45, 2.75) is 18.8 Å². The fraction of sp³-hybridized carbons (Fsp3) is 0.320. The summed E-state index contributed by atoms with van der Waals surface area (Å²) in [7, 11) is 1.69. The van der Waals surface area contributed by atoms with Crippen molar-refractivity contribution >= 4 is 17.4 Å². The van der Waals surface area contributed by atoms with Crippen LogP contribution in [0.4, 0.5) is 11.6 Å². The first-order valence-electron chi connectivity index (χ1n) is 10.9. The van der Waals surface area contributed by atoms with Gasteiger partial charge in [0.25, 0.3) is 0 Å². The van der Waals surface area contributed by atoms with Crippen LogP contribution in [-0.2, 0) is 6.42 Å². The van der Waals surface area contributed by atoms with Crippen molar-refractivity contribution in [3.63, 3.8) is 0 Å². The molecule has 1 saturated heterocycles. The van der Waals surface area contributed by atoms with Crippen molar-refractivity contribution in [2.75, 3.05) is 43.1 Å². The molecule has 2 aliphatic rings. The Morgan fingerprint density at radius 3 is 2.47 bits per heavy atom. The molecular formula is C25H26N4O3. The lowest BCUT2D eigenvalue weighted by atomic mass is 9.82. The van der Waals surface area contributed by atoms with Gasteiger partial charge in [0.15, 0.2) is 5.78 Å². The third-order valence-electron chi connectivity index (χ3n) is 6.39. The van der Waals surface area contributed by atoms with Crippen LogP contribution in [0.3, 0.4) is 0 Å². The second-order valence-electron chi connectivity index (χ2n) is 8.26. The third kappa shape index (κ3) is 3.75. The van der Waals surface area contributed by atoms with Gasteiger partial charge in [0.2, 0.25) is 5.95 Å². The molecule has 7 nitrogen and oxygen atoms in total. The number of Topliss-reactive ketones (excluding diaryl/α,β-unsaturated/α-hetero) is 1. The van der Waals surface area contributed by atoms with Crippen LogP contribution < -0.4 is 14.5 Å². The number of carbonyl (C=O) groups is 1. The molecule has 1 aromatic heterocycles. The zero-order chi connectivity index (χ0) is 22.1. The second kappa shape index (κ2) is 8.49. The normalized spacial score (nSPS) is 18.4. The maximum atomic E-state index is 12.7. The molecule has 1 aliphatic heterocycles. The number of carbonyl (C=O) groups excluding carboxylic acids is 1. The van der Waals surface area contributed by atoms with Gasteiger partial charge >= 0.3 is 0 Å². The minimum absolute atomic E-state index is 0.0343. The average Bonchev–Trinajstić information content (AvgIpc) is 2.84. The monoisotopic (exact) mass is 430 g/mol. The molecule has 1 atom stereocenters. The number of anilines is 2. The van der Waals surface area contributed by atoms with Gasteiger partial charge in [-0.1, -0.05) is 30.3 Å². The summed E-state index contributed by atoms with van der Waals surface area (Å²) in [5.74, 6) is 1.73. The van der Waals surface area contributed by atoms with Gasteiger partial charge < -0.3 is 19.6 Å². The Bertz CT molecular complexity index is 1140. The SMILES string of the molecule is COc1ccccc1N1CCN(c2ncc3c(n2)C[C@H](c2ccccc2O)CC3=O)CC1. The third-order valence-corrected chi connectivity index (χ3v) is 6.39. The number of aromatic hydroxyl groups is 1. The van der Waals surface area contributed by atoms with Crippen LogP contribution >= 0.6 is 0 Å². The highest BCUT2D eigenvalue weighted by molar-refractivity contribution is 5.98. The zero-order valence-electron chi connectivity index (χ0n) is 18.1. The Hall–Kier alpha value is -3.61. The number of hydrogen-bond donors (Lipinski definition) is 1. The number of methoxy groups -OCH3 is 1. The van der Waals surface area contributed by atoms with E-state index in [0.717, 1.165) is 48.9 Å². The van der Waals surface area contributed by atoms with Crippen molar-refractivity contribution in [1.82, 2.24) is 9.97 Å². The summed E-state index contributed by atoms with van der Waals surface area (Å²) in [6.45, 7) is 3.24. The van der Waals surface area contributed by atoms with Gasteiger partial charge in [-0.2, -0.15) is 0 Å². The van der Waals surface area contributed by atoms with E-state index < -0.39 is 0 Å². The van der Waals surface area contributed by atoms with Crippen molar-refractivity contribution in [2.24, 2.45) is 0 Å². The quantitative estimate of drug-likeness (QED) is 0.679. The van der Waals surface area contributed by atoms with Crippen LogP contribution in [0.5, 0.6) is 11.5 Å². The maximum Gasteiger partial charge on any atom is 0.225 e. The molecule has 0 bridgehead atoms. The van der Waals surface area contributed by atoms with Gasteiger partial charge in [0.1, 0.15) is 11.5 Å². The molecule has 0 unspecified atom stereocenters. The van der Waals surface area contributed by atoms with E-state index in [1.54, 1.807) is 25.4 Å². The van der Waals surface area contributed by atoms with E-state index in [-0.39, 0.29) is 17.5 Å². The number of phenols is 1. The number of ether oxygens (including phenoxy) is 1. The predicted molar refractivity (Wildman–Crippen MR) is 123 cm³/mol. The number of nitrogens with zero attached hydrogens (tertiary/aromatic N) is 4. The van der Waals surface area contributed by atoms with E-state index >= 15 is 0 Å². The molecule has 0 radical (unpaired) electrons. The Morgan fingerprint density at radius 2 is 1.69 bits per heavy atom. The Balaban J connectivity index is 1.33. The number of piperazine rings is 1. The average molecular weight is 431 g/mol. The first-order valence-corrected chi connectivity index (χ1v) is 10.9. The van der Waals surface area contributed by atoms with Gasteiger partial charge in [-0.25, -0.2) is 9.97 Å². The van der Waals surface area contributed by atoms with Crippen LogP contribution in [0, 0.1) is 0 Å². The summed E-state index contributed by atoms with van der Waals surface area (Å²) in [5, 5.41) is 10.2. The number of aromatic nitrogens is 2. The fourth-order valence-electron chi connectivity index (χ4n) is 4.68. The minimum atomic E-state index is -0.0682. The lowest BCUT2D eigenvalue weighted by molar-refractivity contribution is 0.0962. The predicted octanol–water partition coefficient (Wildman–Crippen LogP) is 3.43. The Kier molecular flexibility index (Phi) is 5.39. The van der Waals surface area contributed by atoms with E-state index in [0.29, 0.717) is 24.4 Å². The minimum Gasteiger partial charge on any atom is -0.508 e. The number of hydrogen-bond acceptors (Lipinski definition) is 7. The molecule has 0 spiro atoms. The van der Waals surface area contributed by atoms with Crippen LogP contribution in [0.2, 0.25) is 0 Å². The molecule has 1 aliphatic carbocycles. The molecule has 1 N–H and O–H groups in total. The Morgan fingerprint density at radius 1 is 0.969 bits per heavy atom. The van der Waals surface area contributed by atoms with Gasteiger partial charge in [-0.3, -0.25) is 4.79 Å². The molecule has 1 fully saturated rings. The highest BCUT2D eigenvalue weighted by atomic mass is 16.5. The Labute approximate surface area is 187 Å². The highest BCUT2D eigenvalue weighted by Gasteiger charge is 2.30. The lowest BCUT2D eigenvalue weighted by Crippen LogP contribution is -2.47. The maximum absolute atomic E-state index is 12.7. The molecule has 5 rings (SSSR count). The summed E-state index contributed by atoms with van der Waals surface area (Å²) in [6, 6.07) is 15.3. The van der Waals surface area contributed by atoms with E-state index in [1.165, 1.54) is 0 Å². The van der Waals surface area contributed by atoms with E-state index in [1.807, 2.05) is 30.3 Å². The van der Waals surface area contributed by atoms with Crippen molar-refractivity contribution in [3.05, 3.63) is 71.5 Å². The number of fused-ring (bicyclic) bond motifs is 1. The largest absolute Gasteiger partial charge is 0.508 e. The molecule has 0 amide bonds. The first-order chi connectivity index (χ1) is 15.6. The number of phenolic OH excluding ortho intramolecular Hbond substituents is 1. The number of para-hydroxylation sites is 3. The van der Waals surface area contributed by atoms with Gasteiger partial charge in [0.05, 0.1) is 24.1 Å². The summed E-state index contributed by atoms with van der Waals surface area (Å²) in [6.07, 6.45) is 2.66. The van der Waals surface area contributed by atoms with E-state index in [2.05, 4.69) is 20.9 Å². The van der Waals surface area contributed by atoms with Gasteiger partial charge in [-0.15, -0.1) is 0 Å². The summed E-state index contributed by atoms with van der Waals surface area (Å²) >= 11 is 0. The molecule has 7 heteroatoms. The number of rotatable bonds is 4. The van der Waals surface area contributed by atoms with E-state index in [4.69, 9.17) is 9.72 Å². The van der Waals surface area contributed by atoms with E-state index in [9.17, 15) is 9.90 Å². The molecule has 32 heavy (non-hydrogen) atoms. The molecule has 164 valence electrons. The summed E-state index contributed by atoms with van der Waals surface area (Å²) < 4.78 is 5.51. The molecule has 3 aromatic rings. The summed E-state index contributed by atoms with van der Waals surface area (Å²) in [5.41, 5.74) is 3.27. The topological polar surface area (TPSA) is 78.8 Å². The van der Waals surface area contributed by atoms with Crippen molar-refractivity contribution in [3.8, 4) is 11.5 Å². The summed E-state index contributed by atoms with van der Waals surface area (Å²) in [4.78, 5) is 26.5. The van der Waals surface area contributed by atoms with Gasteiger partial charge in [-0.05, 0) is 30.2 Å². The number of benzene rings is 2. The highest BCUT2D eigenvalue weighted by Crippen LogP contribution is 2.36. The zero-order valence-corrected chi connectivity index (χ0v) is 18.1. The molecular weight excluding hydrogens is 404 g/mol. The van der Waals surface area contributed by atoms with Crippen LogP contribution in [0.1, 0.15) is 34.0 Å². The van der Waals surface area contributed by atoms with Crippen molar-refractivity contribution < 1.29 is 14.6 Å². The van der Waals surface area contributed by atoms with Crippen LogP contribution in [-0.4, -0.2) is 54.1 Å². The van der Waals surface area contributed by atoms with Crippen LogP contribution in [0.25, 0.3) is 0 Å². The second-order valence-corrected chi connectivity index (χ2v) is 8.26. The van der Waals surface area contributed by atoms with Gasteiger partial charge in [0, 0.05) is 44.7 Å². The molecule has 2 aromatic carbocycles. The van der Waals surface area contributed by atoms with Crippen molar-refractivity contribution in [1.29, 1.82) is 0 Å². The standard InChI is InChI=1S/C25H26N4O3/c1-32-24-9-5-3-7-21(24)28-10-12-29(13-11-28)25-26-16-19-20(27-25)14-17(15-23(19)31)18-6-2-4-8-22(18)30/h2-9,16-17,30H,10-15H2,1H3/t17-/m0/s1.